The van der Waals surface area contributed by atoms with E-state index >= 15 is 0 Å². The van der Waals surface area contributed by atoms with Crippen molar-refractivity contribution >= 4 is 55.0 Å². The minimum absolute atomic E-state index is 0.0678. The van der Waals surface area contributed by atoms with Gasteiger partial charge in [0.25, 0.3) is 0 Å². The van der Waals surface area contributed by atoms with E-state index in [1.54, 1.807) is 42.5 Å². The van der Waals surface area contributed by atoms with Crippen molar-refractivity contribution in [1.82, 2.24) is 0 Å². The molecule has 8 heteroatoms. The lowest BCUT2D eigenvalue weighted by molar-refractivity contribution is -0.126. The lowest BCUT2D eigenvalue weighted by atomic mass is 9.97. The SMILES string of the molecule is O=C(Nc1ccc(Br)cc1F)C(C(=O)Nc1ccc(Br)cc1F)c1ccccc1. The van der Waals surface area contributed by atoms with Crippen LogP contribution in [0, 0.1) is 11.6 Å². The summed E-state index contributed by atoms with van der Waals surface area (Å²) in [5, 5.41) is 4.86. The van der Waals surface area contributed by atoms with Crippen molar-refractivity contribution in [2.45, 2.75) is 5.92 Å². The first-order valence-corrected chi connectivity index (χ1v) is 10.0. The number of carbonyl (C=O) groups excluding carboxylic acids is 2. The highest BCUT2D eigenvalue weighted by Gasteiger charge is 2.29. The van der Waals surface area contributed by atoms with Crippen LogP contribution in [0.25, 0.3) is 0 Å². The summed E-state index contributed by atoms with van der Waals surface area (Å²) < 4.78 is 29.3. The van der Waals surface area contributed by atoms with Crippen LogP contribution in [-0.2, 0) is 9.59 Å². The molecule has 3 rings (SSSR count). The Hall–Kier alpha value is -2.58. The number of rotatable bonds is 5. The molecule has 4 nitrogen and oxygen atoms in total. The van der Waals surface area contributed by atoms with Gasteiger partial charge in [0.05, 0.1) is 11.4 Å². The van der Waals surface area contributed by atoms with E-state index in [9.17, 15) is 18.4 Å². The Morgan fingerprint density at radius 3 is 1.59 bits per heavy atom. The van der Waals surface area contributed by atoms with E-state index in [-0.39, 0.29) is 11.4 Å². The summed E-state index contributed by atoms with van der Waals surface area (Å²) in [4.78, 5) is 25.7. The molecule has 0 atom stereocenters. The van der Waals surface area contributed by atoms with Gasteiger partial charge >= 0.3 is 0 Å². The third-order valence-electron chi connectivity index (χ3n) is 4.04. The third kappa shape index (κ3) is 5.27. The fourth-order valence-electron chi connectivity index (χ4n) is 2.66. The zero-order chi connectivity index (χ0) is 21.0. The van der Waals surface area contributed by atoms with Crippen LogP contribution in [0.15, 0.2) is 75.7 Å². The van der Waals surface area contributed by atoms with Gasteiger partial charge in [0, 0.05) is 8.95 Å². The first-order chi connectivity index (χ1) is 13.8. The van der Waals surface area contributed by atoms with E-state index in [0.29, 0.717) is 14.5 Å². The quantitative estimate of drug-likeness (QED) is 0.412. The molecule has 2 N–H and O–H groups in total. The van der Waals surface area contributed by atoms with E-state index in [1.165, 1.54) is 24.3 Å². The molecule has 0 saturated carbocycles. The van der Waals surface area contributed by atoms with Gasteiger partial charge in [-0.05, 0) is 42.0 Å². The minimum Gasteiger partial charge on any atom is -0.323 e. The molecule has 0 aliphatic heterocycles. The van der Waals surface area contributed by atoms with Crippen molar-refractivity contribution in [3.8, 4) is 0 Å². The number of nitrogens with one attached hydrogen (secondary N) is 2. The van der Waals surface area contributed by atoms with Gasteiger partial charge < -0.3 is 10.6 Å². The Kier molecular flexibility index (Phi) is 6.76. The van der Waals surface area contributed by atoms with Crippen molar-refractivity contribution in [1.29, 1.82) is 0 Å². The summed E-state index contributed by atoms with van der Waals surface area (Å²) in [7, 11) is 0. The molecule has 0 fully saturated rings. The summed E-state index contributed by atoms with van der Waals surface area (Å²) >= 11 is 6.29. The van der Waals surface area contributed by atoms with E-state index < -0.39 is 29.4 Å². The number of carbonyl (C=O) groups is 2. The van der Waals surface area contributed by atoms with E-state index in [2.05, 4.69) is 42.5 Å². The fraction of sp³-hybridized carbons (Fsp3) is 0.0476. The fourth-order valence-corrected chi connectivity index (χ4v) is 3.33. The first kappa shape index (κ1) is 21.1. The molecular formula is C21H14Br2F2N2O2. The van der Waals surface area contributed by atoms with Gasteiger partial charge in [0.2, 0.25) is 11.8 Å². The number of hydrogen-bond donors (Lipinski definition) is 2. The van der Waals surface area contributed by atoms with Gasteiger partial charge in [0.15, 0.2) is 0 Å². The lowest BCUT2D eigenvalue weighted by Gasteiger charge is -2.18. The highest BCUT2D eigenvalue weighted by molar-refractivity contribution is 9.10. The third-order valence-corrected chi connectivity index (χ3v) is 5.02. The lowest BCUT2D eigenvalue weighted by Crippen LogP contribution is -2.32. The Balaban J connectivity index is 1.90. The van der Waals surface area contributed by atoms with Gasteiger partial charge in [0.1, 0.15) is 17.6 Å². The van der Waals surface area contributed by atoms with Crippen LogP contribution in [0.5, 0.6) is 0 Å². The molecule has 148 valence electrons. The number of anilines is 2. The standard InChI is InChI=1S/C21H14Br2F2N2O2/c22-13-6-8-17(15(24)10-13)26-20(28)19(12-4-2-1-3-5-12)21(29)27-18-9-7-14(23)11-16(18)25/h1-11,19H,(H,26,28)(H,27,29). The Labute approximate surface area is 182 Å². The normalized spacial score (nSPS) is 10.7. The monoisotopic (exact) mass is 522 g/mol. The molecular weight excluding hydrogens is 510 g/mol. The van der Waals surface area contributed by atoms with Crippen LogP contribution in [0.3, 0.4) is 0 Å². The van der Waals surface area contributed by atoms with Gasteiger partial charge in [-0.25, -0.2) is 8.78 Å². The van der Waals surface area contributed by atoms with Crippen LogP contribution in [0.4, 0.5) is 20.2 Å². The minimum atomic E-state index is -1.32. The predicted octanol–water partition coefficient (Wildman–Crippen LogP) is 5.85. The van der Waals surface area contributed by atoms with Crippen molar-refractivity contribution in [3.63, 3.8) is 0 Å². The molecule has 0 unspecified atom stereocenters. The molecule has 0 aromatic heterocycles. The van der Waals surface area contributed by atoms with Gasteiger partial charge in [-0.1, -0.05) is 62.2 Å². The second kappa shape index (κ2) is 9.28. The second-order valence-corrected chi connectivity index (χ2v) is 7.90. The zero-order valence-electron chi connectivity index (χ0n) is 14.8. The summed E-state index contributed by atoms with van der Waals surface area (Å²) in [5.74, 6) is -4.11. The summed E-state index contributed by atoms with van der Waals surface area (Å²) in [6.45, 7) is 0. The summed E-state index contributed by atoms with van der Waals surface area (Å²) in [6.07, 6.45) is 0. The van der Waals surface area contributed by atoms with Crippen molar-refractivity contribution in [2.24, 2.45) is 0 Å². The number of benzene rings is 3. The highest BCUT2D eigenvalue weighted by Crippen LogP contribution is 2.25. The average Bonchev–Trinajstić information content (AvgIpc) is 2.67. The van der Waals surface area contributed by atoms with E-state index in [0.717, 1.165) is 0 Å². The van der Waals surface area contributed by atoms with Crippen LogP contribution in [-0.4, -0.2) is 11.8 Å². The van der Waals surface area contributed by atoms with Crippen molar-refractivity contribution in [2.75, 3.05) is 10.6 Å². The molecule has 3 aromatic rings. The number of hydrogen-bond acceptors (Lipinski definition) is 2. The predicted molar refractivity (Wildman–Crippen MR) is 115 cm³/mol. The second-order valence-electron chi connectivity index (χ2n) is 6.07. The largest absolute Gasteiger partial charge is 0.323 e. The molecule has 3 aromatic carbocycles. The Morgan fingerprint density at radius 2 is 1.17 bits per heavy atom. The smallest absolute Gasteiger partial charge is 0.241 e. The average molecular weight is 524 g/mol. The molecule has 0 spiro atoms. The van der Waals surface area contributed by atoms with Crippen LogP contribution >= 0.6 is 31.9 Å². The Morgan fingerprint density at radius 1 is 0.724 bits per heavy atom. The van der Waals surface area contributed by atoms with Crippen LogP contribution in [0.2, 0.25) is 0 Å². The molecule has 2 amide bonds. The van der Waals surface area contributed by atoms with Gasteiger partial charge in [-0.2, -0.15) is 0 Å². The maximum Gasteiger partial charge on any atom is 0.241 e. The van der Waals surface area contributed by atoms with E-state index in [4.69, 9.17) is 0 Å². The molecule has 0 radical (unpaired) electrons. The molecule has 0 saturated heterocycles. The molecule has 0 heterocycles. The van der Waals surface area contributed by atoms with Crippen molar-refractivity contribution < 1.29 is 18.4 Å². The zero-order valence-corrected chi connectivity index (χ0v) is 17.9. The Bertz CT molecular complexity index is 996. The van der Waals surface area contributed by atoms with Crippen molar-refractivity contribution in [3.05, 3.63) is 92.9 Å². The summed E-state index contributed by atoms with van der Waals surface area (Å²) in [6, 6.07) is 16.6. The molecule has 0 aliphatic rings. The summed E-state index contributed by atoms with van der Waals surface area (Å²) in [5.41, 5.74) is 0.251. The molecule has 0 aliphatic carbocycles. The highest BCUT2D eigenvalue weighted by atomic mass is 79.9. The number of amides is 2. The van der Waals surface area contributed by atoms with E-state index in [1.807, 2.05) is 0 Å². The number of halogens is 4. The van der Waals surface area contributed by atoms with Crippen LogP contribution < -0.4 is 10.6 Å². The topological polar surface area (TPSA) is 58.2 Å². The van der Waals surface area contributed by atoms with Gasteiger partial charge in [-0.15, -0.1) is 0 Å². The molecule has 29 heavy (non-hydrogen) atoms. The van der Waals surface area contributed by atoms with Crippen LogP contribution in [0.1, 0.15) is 11.5 Å². The van der Waals surface area contributed by atoms with Gasteiger partial charge in [-0.3, -0.25) is 9.59 Å². The maximum atomic E-state index is 14.1. The maximum absolute atomic E-state index is 14.1. The molecule has 0 bridgehead atoms. The first-order valence-electron chi connectivity index (χ1n) is 8.42.